The summed E-state index contributed by atoms with van der Waals surface area (Å²) in [5.74, 6) is 0. The molecule has 0 aromatic heterocycles. The van der Waals surface area contributed by atoms with Crippen molar-refractivity contribution in [3.8, 4) is 0 Å². The van der Waals surface area contributed by atoms with Crippen LogP contribution in [0.1, 0.15) is 30.9 Å². The Morgan fingerprint density at radius 3 is 3.06 bits per heavy atom. The van der Waals surface area contributed by atoms with Crippen molar-refractivity contribution in [3.05, 3.63) is 29.3 Å². The number of rotatable bonds is 4. The van der Waals surface area contributed by atoms with Crippen molar-refractivity contribution in [2.24, 2.45) is 0 Å². The molecular weight excluding hydrogens is 196 g/mol. The Morgan fingerprint density at radius 2 is 2.25 bits per heavy atom. The molecule has 2 rings (SSSR count). The van der Waals surface area contributed by atoms with Crippen molar-refractivity contribution in [2.45, 2.75) is 32.7 Å². The lowest BCUT2D eigenvalue weighted by atomic mass is 9.98. The summed E-state index contributed by atoms with van der Waals surface area (Å²) in [7, 11) is 2.22. The second-order valence-corrected chi connectivity index (χ2v) is 4.62. The Hall–Kier alpha value is -1.02. The predicted molar refractivity (Wildman–Crippen MR) is 70.0 cm³/mol. The molecule has 2 heteroatoms. The van der Waals surface area contributed by atoms with Crippen LogP contribution in [0.4, 0.5) is 5.69 Å². The third kappa shape index (κ3) is 2.38. The number of unbranched alkanes of at least 4 members (excludes halogenated alkanes) is 1. The van der Waals surface area contributed by atoms with E-state index in [4.69, 9.17) is 0 Å². The molecule has 1 N–H and O–H groups in total. The molecule has 16 heavy (non-hydrogen) atoms. The maximum Gasteiger partial charge on any atom is 0.0399 e. The van der Waals surface area contributed by atoms with Crippen molar-refractivity contribution in [1.29, 1.82) is 0 Å². The fourth-order valence-electron chi connectivity index (χ4n) is 2.39. The molecule has 1 heterocycles. The molecule has 0 saturated carbocycles. The number of hydrogen-bond acceptors (Lipinski definition) is 2. The van der Waals surface area contributed by atoms with Crippen LogP contribution in [0.25, 0.3) is 0 Å². The SMILES string of the molecule is CCCCN(C)c1cccc2c1CCNC2. The van der Waals surface area contributed by atoms with Gasteiger partial charge in [-0.2, -0.15) is 0 Å². The highest BCUT2D eigenvalue weighted by Crippen LogP contribution is 2.25. The average Bonchev–Trinajstić information content (AvgIpc) is 2.35. The summed E-state index contributed by atoms with van der Waals surface area (Å²) in [6, 6.07) is 6.70. The normalized spacial score (nSPS) is 14.6. The zero-order valence-electron chi connectivity index (χ0n) is 10.4. The van der Waals surface area contributed by atoms with Crippen LogP contribution in [-0.4, -0.2) is 20.1 Å². The van der Waals surface area contributed by atoms with Gasteiger partial charge < -0.3 is 10.2 Å². The van der Waals surface area contributed by atoms with Gasteiger partial charge in [0.25, 0.3) is 0 Å². The van der Waals surface area contributed by atoms with Crippen molar-refractivity contribution < 1.29 is 0 Å². The van der Waals surface area contributed by atoms with Crippen LogP contribution in [-0.2, 0) is 13.0 Å². The van der Waals surface area contributed by atoms with E-state index < -0.39 is 0 Å². The summed E-state index contributed by atoms with van der Waals surface area (Å²) >= 11 is 0. The number of benzene rings is 1. The van der Waals surface area contributed by atoms with Gasteiger partial charge in [-0.3, -0.25) is 0 Å². The molecule has 0 unspecified atom stereocenters. The van der Waals surface area contributed by atoms with Crippen molar-refractivity contribution >= 4 is 5.69 Å². The summed E-state index contributed by atoms with van der Waals surface area (Å²) in [6.07, 6.45) is 3.71. The Kier molecular flexibility index (Phi) is 3.83. The average molecular weight is 218 g/mol. The topological polar surface area (TPSA) is 15.3 Å². The largest absolute Gasteiger partial charge is 0.374 e. The second kappa shape index (κ2) is 5.35. The van der Waals surface area contributed by atoms with Crippen molar-refractivity contribution in [3.63, 3.8) is 0 Å². The monoisotopic (exact) mass is 218 g/mol. The van der Waals surface area contributed by atoms with Gasteiger partial charge in [0.15, 0.2) is 0 Å². The van der Waals surface area contributed by atoms with Gasteiger partial charge in [0, 0.05) is 25.8 Å². The lowest BCUT2D eigenvalue weighted by Gasteiger charge is -2.26. The molecular formula is C14H22N2. The van der Waals surface area contributed by atoms with Gasteiger partial charge in [0.05, 0.1) is 0 Å². The molecule has 0 fully saturated rings. The van der Waals surface area contributed by atoms with Crippen LogP contribution in [0.2, 0.25) is 0 Å². The zero-order valence-corrected chi connectivity index (χ0v) is 10.4. The first-order valence-electron chi connectivity index (χ1n) is 6.35. The molecule has 1 aromatic rings. The summed E-state index contributed by atoms with van der Waals surface area (Å²) in [5, 5.41) is 3.43. The van der Waals surface area contributed by atoms with E-state index in [1.54, 1.807) is 5.56 Å². The fraction of sp³-hybridized carbons (Fsp3) is 0.571. The van der Waals surface area contributed by atoms with Gasteiger partial charge in [-0.15, -0.1) is 0 Å². The summed E-state index contributed by atoms with van der Waals surface area (Å²) in [4.78, 5) is 2.41. The first-order chi connectivity index (χ1) is 7.83. The van der Waals surface area contributed by atoms with Crippen LogP contribution in [0.15, 0.2) is 18.2 Å². The lowest BCUT2D eigenvalue weighted by molar-refractivity contribution is 0.641. The van der Waals surface area contributed by atoms with Gasteiger partial charge in [0.2, 0.25) is 0 Å². The van der Waals surface area contributed by atoms with Crippen LogP contribution in [0, 0.1) is 0 Å². The molecule has 0 atom stereocenters. The molecule has 1 aromatic carbocycles. The maximum absolute atomic E-state index is 3.43. The number of hydrogen-bond donors (Lipinski definition) is 1. The van der Waals surface area contributed by atoms with Gasteiger partial charge >= 0.3 is 0 Å². The maximum atomic E-state index is 3.43. The highest BCUT2D eigenvalue weighted by molar-refractivity contribution is 5.57. The molecule has 2 nitrogen and oxygen atoms in total. The Balaban J connectivity index is 2.19. The van der Waals surface area contributed by atoms with Gasteiger partial charge in [-0.05, 0) is 36.6 Å². The summed E-state index contributed by atoms with van der Waals surface area (Å²) in [5.41, 5.74) is 4.47. The smallest absolute Gasteiger partial charge is 0.0399 e. The Morgan fingerprint density at radius 1 is 1.38 bits per heavy atom. The van der Waals surface area contributed by atoms with E-state index in [-0.39, 0.29) is 0 Å². The summed E-state index contributed by atoms with van der Waals surface area (Å²) in [6.45, 7) is 5.56. The molecule has 88 valence electrons. The van der Waals surface area contributed by atoms with Crippen LogP contribution < -0.4 is 10.2 Å². The number of anilines is 1. The zero-order chi connectivity index (χ0) is 11.4. The minimum atomic E-state index is 1.03. The van der Waals surface area contributed by atoms with E-state index in [0.717, 1.165) is 13.1 Å². The number of nitrogens with one attached hydrogen (secondary N) is 1. The summed E-state index contributed by atoms with van der Waals surface area (Å²) < 4.78 is 0. The fourth-order valence-corrected chi connectivity index (χ4v) is 2.39. The molecule has 0 saturated heterocycles. The van der Waals surface area contributed by atoms with Gasteiger partial charge in [-0.1, -0.05) is 25.5 Å². The highest BCUT2D eigenvalue weighted by atomic mass is 15.1. The lowest BCUT2D eigenvalue weighted by Crippen LogP contribution is -2.27. The molecule has 0 aliphatic carbocycles. The predicted octanol–water partition coefficient (Wildman–Crippen LogP) is 2.57. The molecule has 0 amide bonds. The minimum Gasteiger partial charge on any atom is -0.374 e. The molecule has 0 radical (unpaired) electrons. The van der Waals surface area contributed by atoms with E-state index in [2.05, 4.69) is 42.4 Å². The van der Waals surface area contributed by atoms with E-state index in [1.165, 1.54) is 37.1 Å². The highest BCUT2D eigenvalue weighted by Gasteiger charge is 2.14. The minimum absolute atomic E-state index is 1.03. The van der Waals surface area contributed by atoms with Crippen LogP contribution in [0.3, 0.4) is 0 Å². The Labute approximate surface area is 98.7 Å². The van der Waals surface area contributed by atoms with E-state index in [1.807, 2.05) is 0 Å². The first-order valence-corrected chi connectivity index (χ1v) is 6.35. The van der Waals surface area contributed by atoms with Crippen molar-refractivity contribution in [2.75, 3.05) is 25.0 Å². The van der Waals surface area contributed by atoms with Gasteiger partial charge in [0.1, 0.15) is 0 Å². The standard InChI is InChI=1S/C14H22N2/c1-3-4-10-16(2)14-7-5-6-12-11-15-9-8-13(12)14/h5-7,15H,3-4,8-11H2,1-2H3. The van der Waals surface area contributed by atoms with E-state index in [0.29, 0.717) is 0 Å². The second-order valence-electron chi connectivity index (χ2n) is 4.62. The van der Waals surface area contributed by atoms with E-state index in [9.17, 15) is 0 Å². The van der Waals surface area contributed by atoms with Crippen LogP contribution >= 0.6 is 0 Å². The number of nitrogens with zero attached hydrogens (tertiary/aromatic N) is 1. The first kappa shape index (κ1) is 11.5. The number of fused-ring (bicyclic) bond motifs is 1. The molecule has 1 aliphatic rings. The molecule has 0 bridgehead atoms. The van der Waals surface area contributed by atoms with Crippen LogP contribution in [0.5, 0.6) is 0 Å². The van der Waals surface area contributed by atoms with Crippen molar-refractivity contribution in [1.82, 2.24) is 5.32 Å². The quantitative estimate of drug-likeness (QED) is 0.835. The van der Waals surface area contributed by atoms with E-state index >= 15 is 0 Å². The van der Waals surface area contributed by atoms with Gasteiger partial charge in [-0.25, -0.2) is 0 Å². The molecule has 0 spiro atoms. The Bertz CT molecular complexity index is 347. The third-order valence-electron chi connectivity index (χ3n) is 3.37. The third-order valence-corrected chi connectivity index (χ3v) is 3.37. The molecule has 1 aliphatic heterocycles.